The number of carbonyl (C=O) groups excluding carboxylic acids is 2. The molecule has 1 aliphatic carbocycles. The van der Waals surface area contributed by atoms with Crippen LogP contribution in [0.25, 0.3) is 27.3 Å². The lowest BCUT2D eigenvalue weighted by molar-refractivity contribution is -0.135. The number of aliphatic hydroxyl groups is 1. The summed E-state index contributed by atoms with van der Waals surface area (Å²) in [4.78, 5) is 49.2. The summed E-state index contributed by atoms with van der Waals surface area (Å²) >= 11 is 1.60. The number of nitrogens with two attached hydrogens (primary N) is 1. The molecule has 1 spiro atoms. The molecular weight excluding hydrogens is 1060 g/mol. The minimum atomic E-state index is -0.838. The van der Waals surface area contributed by atoms with Crippen LogP contribution >= 0.6 is 11.3 Å². The molecule has 5 N–H and O–H groups in total. The van der Waals surface area contributed by atoms with Gasteiger partial charge in [-0.3, -0.25) is 9.59 Å². The number of aryl methyl sites for hydroxylation is 1. The highest BCUT2D eigenvalue weighted by Gasteiger charge is 2.49. The van der Waals surface area contributed by atoms with E-state index in [-0.39, 0.29) is 60.4 Å². The van der Waals surface area contributed by atoms with Crippen molar-refractivity contribution in [1.29, 1.82) is 0 Å². The summed E-state index contributed by atoms with van der Waals surface area (Å²) in [6.45, 7) is 15.7. The van der Waals surface area contributed by atoms with Crippen LogP contribution in [0, 0.1) is 12.8 Å². The second-order valence-corrected chi connectivity index (χ2v) is 24.3. The van der Waals surface area contributed by atoms with Gasteiger partial charge in [0, 0.05) is 108 Å². The standard InChI is InChI=1S/C61H74N12O8S/c1-37(2)56(60(77)72-32-44(74)26-51(72)59(76)65-38(3)41-9-11-42(12-10-41)57-39(4)64-36-82-57)53-30-54(68-81-53)70-21-14-40(15-22-70)31-69-19-16-45(17-20-69)79-46-27-47(28-46)80-55-25-43(13-18-63-55)73-24-23-71(33-61(73)34-78-35-61)50-29-49(66-67-58(50)62)48-7-5-6-8-52(48)75/h5-13,18,25,29-30,36,38,40,44-47,51,74-75H,14-17,19-24,26-28,31-35H2,1-4H3,(H2,62,67)(H,65,76)/t38-,44+,46?,47?,51-/m0/s1. The van der Waals surface area contributed by atoms with Gasteiger partial charge in [0.25, 0.3) is 5.91 Å². The topological polar surface area (TPSA) is 234 Å². The second-order valence-electron chi connectivity index (χ2n) is 23.5. The van der Waals surface area contributed by atoms with Crippen molar-refractivity contribution in [1.82, 2.24) is 40.4 Å². The highest BCUT2D eigenvalue weighted by molar-refractivity contribution is 7.13. The Bertz CT molecular complexity index is 3270. The first kappa shape index (κ1) is 55.4. The number of allylic oxidation sites excluding steroid dienone is 1. The van der Waals surface area contributed by atoms with Crippen LogP contribution in [0.4, 0.5) is 23.0 Å². The molecule has 5 saturated heterocycles. The first-order chi connectivity index (χ1) is 39.7. The molecular formula is C61H74N12O8S. The predicted molar refractivity (Wildman–Crippen MR) is 314 cm³/mol. The summed E-state index contributed by atoms with van der Waals surface area (Å²) in [6.07, 6.45) is 7.41. The Balaban J connectivity index is 0.569. The molecule has 9 heterocycles. The van der Waals surface area contributed by atoms with E-state index in [2.05, 4.69) is 56.3 Å². The first-order valence-electron chi connectivity index (χ1n) is 29.0. The molecule has 20 nitrogen and oxygen atoms in total. The van der Waals surface area contributed by atoms with Crippen LogP contribution in [0.15, 0.2) is 94.6 Å². The summed E-state index contributed by atoms with van der Waals surface area (Å²) < 4.78 is 24.8. The van der Waals surface area contributed by atoms with Gasteiger partial charge in [-0.2, -0.15) is 0 Å². The van der Waals surface area contributed by atoms with Gasteiger partial charge in [-0.25, -0.2) is 9.97 Å². The number of ether oxygens (including phenoxy) is 3. The number of benzene rings is 2. The molecule has 432 valence electrons. The number of rotatable bonds is 16. The molecule has 6 fully saturated rings. The number of nitrogen functional groups attached to an aromatic ring is 1. The number of aliphatic hydroxyl groups excluding tert-OH is 1. The minimum absolute atomic E-state index is 0.0476. The Hall–Kier alpha value is -7.17. The van der Waals surface area contributed by atoms with Gasteiger partial charge in [0.2, 0.25) is 11.8 Å². The molecule has 6 aromatic rings. The number of hydrogen-bond acceptors (Lipinski definition) is 19. The number of aromatic hydroxyl groups is 1. The van der Waals surface area contributed by atoms with Crippen molar-refractivity contribution in [2.75, 3.05) is 92.5 Å². The molecule has 4 aromatic heterocycles. The van der Waals surface area contributed by atoms with E-state index in [1.165, 1.54) is 4.90 Å². The Kier molecular flexibility index (Phi) is 15.9. The number of para-hydroxylation sites is 1. The van der Waals surface area contributed by atoms with Crippen LogP contribution in [0.3, 0.4) is 0 Å². The Labute approximate surface area is 482 Å². The maximum atomic E-state index is 14.4. The van der Waals surface area contributed by atoms with Crippen LogP contribution in [-0.4, -0.2) is 165 Å². The van der Waals surface area contributed by atoms with E-state index in [1.54, 1.807) is 23.5 Å². The van der Waals surface area contributed by atoms with E-state index in [4.69, 9.17) is 24.5 Å². The molecule has 21 heteroatoms. The predicted octanol–water partition coefficient (Wildman–Crippen LogP) is 7.28. The fraction of sp³-hybridized carbons (Fsp3) is 0.492. The summed E-state index contributed by atoms with van der Waals surface area (Å²) in [5.41, 5.74) is 15.1. The number of phenols is 1. The number of carbonyl (C=O) groups is 2. The monoisotopic (exact) mass is 1130 g/mol. The summed E-state index contributed by atoms with van der Waals surface area (Å²) in [6, 6.07) is 21.9. The smallest absolute Gasteiger partial charge is 0.258 e. The zero-order valence-electron chi connectivity index (χ0n) is 47.2. The fourth-order valence-electron chi connectivity index (χ4n) is 12.8. The quantitative estimate of drug-likeness (QED) is 0.0697. The average molecular weight is 1140 g/mol. The van der Waals surface area contributed by atoms with Crippen molar-refractivity contribution >= 4 is 51.7 Å². The van der Waals surface area contributed by atoms with Crippen LogP contribution < -0.4 is 30.5 Å². The SMILES string of the molecule is CC(C)=C(C(=O)N1C[C@H](O)C[C@H]1C(=O)N[C@@H](C)c1ccc(-c2scnc2C)cc1)c1cc(N2CCC(CN3CCC(OC4CC(Oc5cc(N6CCN(c7cc(-c8ccccc8O)nnc7N)CC67COC7)ccn5)C4)CC3)CC2)no1. The van der Waals surface area contributed by atoms with Crippen molar-refractivity contribution in [3.8, 4) is 33.3 Å². The molecule has 82 heavy (non-hydrogen) atoms. The summed E-state index contributed by atoms with van der Waals surface area (Å²) in [5.74, 6) is 2.07. The van der Waals surface area contributed by atoms with Gasteiger partial charge in [-0.1, -0.05) is 47.1 Å². The number of anilines is 4. The van der Waals surface area contributed by atoms with Crippen molar-refractivity contribution in [3.63, 3.8) is 0 Å². The third-order valence-electron chi connectivity index (χ3n) is 17.5. The van der Waals surface area contributed by atoms with Gasteiger partial charge < -0.3 is 64.5 Å². The van der Waals surface area contributed by atoms with Gasteiger partial charge in [0.05, 0.1) is 70.6 Å². The highest BCUT2D eigenvalue weighted by Crippen LogP contribution is 2.41. The molecule has 2 aromatic carbocycles. The molecule has 2 amide bonds. The number of phenolic OH excluding ortho intramolecular Hbond substituents is 1. The number of likely N-dealkylation sites (tertiary alicyclic amines) is 2. The van der Waals surface area contributed by atoms with E-state index in [9.17, 15) is 19.8 Å². The average Bonchev–Trinajstić information content (AvgIpc) is 3.13. The maximum Gasteiger partial charge on any atom is 0.258 e. The lowest BCUT2D eigenvalue weighted by Crippen LogP contribution is -2.72. The lowest BCUT2D eigenvalue weighted by Gasteiger charge is -2.56. The van der Waals surface area contributed by atoms with Crippen molar-refractivity contribution in [2.24, 2.45) is 5.92 Å². The molecule has 0 unspecified atom stereocenters. The van der Waals surface area contributed by atoms with E-state index < -0.39 is 12.1 Å². The zero-order chi connectivity index (χ0) is 56.6. The minimum Gasteiger partial charge on any atom is -0.507 e. The van der Waals surface area contributed by atoms with E-state index in [1.807, 2.05) is 94.0 Å². The maximum absolute atomic E-state index is 14.4. The van der Waals surface area contributed by atoms with Crippen LogP contribution in [-0.2, 0) is 19.1 Å². The van der Waals surface area contributed by atoms with E-state index in [0.29, 0.717) is 72.3 Å². The Morgan fingerprint density at radius 1 is 0.890 bits per heavy atom. The van der Waals surface area contributed by atoms with Gasteiger partial charge in [0.15, 0.2) is 17.4 Å². The number of aromatic nitrogens is 5. The van der Waals surface area contributed by atoms with E-state index in [0.717, 1.165) is 116 Å². The number of amides is 2. The summed E-state index contributed by atoms with van der Waals surface area (Å²) in [5, 5.41) is 37.4. The fourth-order valence-corrected chi connectivity index (χ4v) is 13.6. The Morgan fingerprint density at radius 2 is 1.67 bits per heavy atom. The number of thiazole rings is 1. The van der Waals surface area contributed by atoms with Crippen molar-refractivity contribution in [2.45, 2.75) is 115 Å². The normalized spacial score (nSPS) is 22.6. The lowest BCUT2D eigenvalue weighted by atomic mass is 9.90. The van der Waals surface area contributed by atoms with Crippen LogP contribution in [0.2, 0.25) is 0 Å². The number of nitrogens with one attached hydrogen (secondary N) is 1. The number of piperidine rings is 2. The molecule has 3 atom stereocenters. The molecule has 6 aliphatic rings. The largest absolute Gasteiger partial charge is 0.507 e. The molecule has 12 rings (SSSR count). The number of hydrogen-bond donors (Lipinski definition) is 4. The van der Waals surface area contributed by atoms with Crippen molar-refractivity contribution < 1.29 is 38.5 Å². The third kappa shape index (κ3) is 11.6. The number of piperazine rings is 1. The van der Waals surface area contributed by atoms with Crippen LogP contribution in [0.1, 0.15) is 88.8 Å². The van der Waals surface area contributed by atoms with Gasteiger partial charge in [-0.15, -0.1) is 21.5 Å². The number of β-amino-alcohol motifs (C(OH)–C–C–N with tert-alkyl or cyclic N) is 1. The molecule has 0 bridgehead atoms. The molecule has 0 radical (unpaired) electrons. The second kappa shape index (κ2) is 23.6. The number of nitrogens with zero attached hydrogens (tertiary/aromatic N) is 10. The molecule has 1 saturated carbocycles. The highest BCUT2D eigenvalue weighted by atomic mass is 32.1. The van der Waals surface area contributed by atoms with Crippen LogP contribution in [0.5, 0.6) is 11.6 Å². The van der Waals surface area contributed by atoms with Gasteiger partial charge >= 0.3 is 0 Å². The van der Waals surface area contributed by atoms with Gasteiger partial charge in [-0.05, 0) is 94.7 Å². The first-order valence-corrected chi connectivity index (χ1v) is 29.8. The zero-order valence-corrected chi connectivity index (χ0v) is 48.0. The van der Waals surface area contributed by atoms with E-state index >= 15 is 0 Å². The van der Waals surface area contributed by atoms with Gasteiger partial charge in [0.1, 0.15) is 23.4 Å². The van der Waals surface area contributed by atoms with Crippen molar-refractivity contribution in [3.05, 3.63) is 107 Å². The number of pyridine rings is 1. The summed E-state index contributed by atoms with van der Waals surface area (Å²) in [7, 11) is 0. The third-order valence-corrected chi connectivity index (χ3v) is 18.5. The molecule has 5 aliphatic heterocycles. The Morgan fingerprint density at radius 3 is 2.39 bits per heavy atom.